The number of amides is 2. The van der Waals surface area contributed by atoms with E-state index in [0.29, 0.717) is 23.6 Å². The first-order chi connectivity index (χ1) is 10.7. The first-order valence-corrected chi connectivity index (χ1v) is 7.91. The van der Waals surface area contributed by atoms with Gasteiger partial charge in [-0.1, -0.05) is 19.3 Å². The van der Waals surface area contributed by atoms with Crippen LogP contribution < -0.4 is 10.6 Å². The van der Waals surface area contributed by atoms with E-state index in [1.54, 1.807) is 24.3 Å². The van der Waals surface area contributed by atoms with Crippen LogP contribution in [0.3, 0.4) is 0 Å². The number of hydrogen-bond acceptors (Lipinski definition) is 3. The number of hydrogen-bond donors (Lipinski definition) is 3. The molecule has 0 aliphatic heterocycles. The molecular weight excluding hydrogens is 278 g/mol. The van der Waals surface area contributed by atoms with Crippen molar-refractivity contribution in [1.82, 2.24) is 5.32 Å². The molecule has 22 heavy (non-hydrogen) atoms. The highest BCUT2D eigenvalue weighted by atomic mass is 16.3. The first-order valence-electron chi connectivity index (χ1n) is 7.91. The summed E-state index contributed by atoms with van der Waals surface area (Å²) >= 11 is 0. The van der Waals surface area contributed by atoms with Gasteiger partial charge in [-0.15, -0.1) is 0 Å². The Kier molecular flexibility index (Phi) is 6.23. The van der Waals surface area contributed by atoms with E-state index in [2.05, 4.69) is 10.6 Å². The molecule has 1 aliphatic rings. The van der Waals surface area contributed by atoms with Gasteiger partial charge in [-0.3, -0.25) is 0 Å². The van der Waals surface area contributed by atoms with Gasteiger partial charge in [0.1, 0.15) is 0 Å². The first kappa shape index (κ1) is 16.3. The summed E-state index contributed by atoms with van der Waals surface area (Å²) < 4.78 is 0. The smallest absolute Gasteiger partial charge is 0.319 e. The van der Waals surface area contributed by atoms with Gasteiger partial charge in [-0.2, -0.15) is 5.26 Å². The molecule has 0 heterocycles. The van der Waals surface area contributed by atoms with Gasteiger partial charge in [0.15, 0.2) is 0 Å². The van der Waals surface area contributed by atoms with Crippen molar-refractivity contribution in [3.8, 4) is 6.07 Å². The molecule has 5 nitrogen and oxygen atoms in total. The molecule has 1 unspecified atom stereocenters. The van der Waals surface area contributed by atoms with Crippen LogP contribution >= 0.6 is 0 Å². The van der Waals surface area contributed by atoms with E-state index in [-0.39, 0.29) is 18.7 Å². The number of aliphatic hydroxyl groups excluding tert-OH is 1. The van der Waals surface area contributed by atoms with Crippen LogP contribution in [0.1, 0.15) is 44.1 Å². The minimum atomic E-state index is -0.256. The maximum Gasteiger partial charge on any atom is 0.319 e. The van der Waals surface area contributed by atoms with Crippen LogP contribution in [0.25, 0.3) is 0 Å². The Morgan fingerprint density at radius 3 is 2.55 bits per heavy atom. The van der Waals surface area contributed by atoms with E-state index < -0.39 is 0 Å². The van der Waals surface area contributed by atoms with Crippen molar-refractivity contribution in [2.45, 2.75) is 44.6 Å². The van der Waals surface area contributed by atoms with Gasteiger partial charge in [0.05, 0.1) is 11.6 Å². The third-order valence-electron chi connectivity index (χ3n) is 4.25. The Balaban J connectivity index is 1.90. The number of benzene rings is 1. The van der Waals surface area contributed by atoms with Crippen LogP contribution in [0.4, 0.5) is 10.5 Å². The second-order valence-electron chi connectivity index (χ2n) is 5.80. The summed E-state index contributed by atoms with van der Waals surface area (Å²) in [5.41, 5.74) is 1.22. The number of carbonyl (C=O) groups excluding carboxylic acids is 1. The fourth-order valence-electron chi connectivity index (χ4n) is 3.07. The molecule has 1 saturated carbocycles. The quantitative estimate of drug-likeness (QED) is 0.781. The molecule has 0 bridgehead atoms. The maximum absolute atomic E-state index is 12.1. The van der Waals surface area contributed by atoms with Gasteiger partial charge in [0.25, 0.3) is 0 Å². The molecule has 1 aliphatic carbocycles. The topological polar surface area (TPSA) is 85.2 Å². The lowest BCUT2D eigenvalue weighted by molar-refractivity contribution is 0.202. The van der Waals surface area contributed by atoms with Crippen molar-refractivity contribution in [2.75, 3.05) is 11.9 Å². The van der Waals surface area contributed by atoms with Crippen molar-refractivity contribution in [3.63, 3.8) is 0 Å². The van der Waals surface area contributed by atoms with Crippen molar-refractivity contribution >= 4 is 11.7 Å². The fraction of sp³-hybridized carbons (Fsp3) is 0.529. The molecular formula is C17H23N3O2. The zero-order chi connectivity index (χ0) is 15.8. The number of carbonyl (C=O) groups is 1. The van der Waals surface area contributed by atoms with Crippen LogP contribution in [0.2, 0.25) is 0 Å². The van der Waals surface area contributed by atoms with Gasteiger partial charge < -0.3 is 15.7 Å². The van der Waals surface area contributed by atoms with Gasteiger partial charge in [0.2, 0.25) is 0 Å². The normalized spacial score (nSPS) is 16.5. The molecule has 1 aromatic carbocycles. The average molecular weight is 301 g/mol. The number of rotatable bonds is 5. The van der Waals surface area contributed by atoms with Crippen molar-refractivity contribution in [3.05, 3.63) is 29.8 Å². The molecule has 1 aromatic rings. The molecule has 0 aromatic heterocycles. The molecule has 1 fully saturated rings. The predicted molar refractivity (Wildman–Crippen MR) is 85.4 cm³/mol. The third-order valence-corrected chi connectivity index (χ3v) is 4.25. The molecule has 2 rings (SSSR count). The van der Waals surface area contributed by atoms with E-state index in [1.807, 2.05) is 6.07 Å². The number of nitrogens with zero attached hydrogens (tertiary/aromatic N) is 1. The molecule has 3 N–H and O–H groups in total. The third kappa shape index (κ3) is 4.74. The average Bonchev–Trinajstić information content (AvgIpc) is 2.56. The molecule has 1 atom stereocenters. The molecule has 118 valence electrons. The molecule has 0 saturated heterocycles. The standard InChI is InChI=1S/C17H23N3O2/c18-12-13-6-8-15(9-7-13)19-17(22)20-16(10-11-21)14-4-2-1-3-5-14/h6-9,14,16,21H,1-5,10-11H2,(H2,19,20,22). The van der Waals surface area contributed by atoms with E-state index in [0.717, 1.165) is 12.8 Å². The van der Waals surface area contributed by atoms with Gasteiger partial charge in [0, 0.05) is 18.3 Å². The molecule has 2 amide bonds. The lowest BCUT2D eigenvalue weighted by atomic mass is 9.83. The van der Waals surface area contributed by atoms with Crippen LogP contribution in [0.15, 0.2) is 24.3 Å². The fourth-order valence-corrected chi connectivity index (χ4v) is 3.07. The maximum atomic E-state index is 12.1. The largest absolute Gasteiger partial charge is 0.396 e. The Morgan fingerprint density at radius 2 is 1.95 bits per heavy atom. The van der Waals surface area contributed by atoms with Crippen LogP contribution in [-0.2, 0) is 0 Å². The Bertz CT molecular complexity index is 516. The second-order valence-corrected chi connectivity index (χ2v) is 5.80. The summed E-state index contributed by atoms with van der Waals surface area (Å²) in [7, 11) is 0. The van der Waals surface area contributed by atoms with E-state index >= 15 is 0 Å². The summed E-state index contributed by atoms with van der Waals surface area (Å²) in [4.78, 5) is 12.1. The summed E-state index contributed by atoms with van der Waals surface area (Å²) in [5, 5.41) is 23.8. The monoisotopic (exact) mass is 301 g/mol. The Labute approximate surface area is 131 Å². The SMILES string of the molecule is N#Cc1ccc(NC(=O)NC(CCO)C2CCCCC2)cc1. The molecule has 0 radical (unpaired) electrons. The number of anilines is 1. The van der Waals surface area contributed by atoms with E-state index in [9.17, 15) is 9.90 Å². The van der Waals surface area contributed by atoms with Gasteiger partial charge in [-0.25, -0.2) is 4.79 Å². The Hall–Kier alpha value is -2.06. The lowest BCUT2D eigenvalue weighted by Gasteiger charge is -2.30. The summed E-state index contributed by atoms with van der Waals surface area (Å²) in [6.07, 6.45) is 6.48. The number of urea groups is 1. The molecule has 5 heteroatoms. The zero-order valence-corrected chi connectivity index (χ0v) is 12.7. The Morgan fingerprint density at radius 1 is 1.27 bits per heavy atom. The summed E-state index contributed by atoms with van der Waals surface area (Å²) in [5.74, 6) is 0.451. The number of aliphatic hydroxyl groups is 1. The zero-order valence-electron chi connectivity index (χ0n) is 12.7. The van der Waals surface area contributed by atoms with E-state index in [4.69, 9.17) is 5.26 Å². The van der Waals surface area contributed by atoms with Crippen LogP contribution in [-0.4, -0.2) is 23.8 Å². The molecule has 0 spiro atoms. The highest BCUT2D eigenvalue weighted by molar-refractivity contribution is 5.89. The van der Waals surface area contributed by atoms with Crippen LogP contribution in [0, 0.1) is 17.2 Å². The highest BCUT2D eigenvalue weighted by Gasteiger charge is 2.24. The highest BCUT2D eigenvalue weighted by Crippen LogP contribution is 2.27. The second kappa shape index (κ2) is 8.40. The van der Waals surface area contributed by atoms with E-state index in [1.165, 1.54) is 19.3 Å². The number of nitriles is 1. The minimum Gasteiger partial charge on any atom is -0.396 e. The van der Waals surface area contributed by atoms with Crippen LogP contribution in [0.5, 0.6) is 0 Å². The lowest BCUT2D eigenvalue weighted by Crippen LogP contribution is -2.43. The van der Waals surface area contributed by atoms with Crippen molar-refractivity contribution in [1.29, 1.82) is 5.26 Å². The minimum absolute atomic E-state index is 0.0173. The van der Waals surface area contributed by atoms with Gasteiger partial charge >= 0.3 is 6.03 Å². The number of nitrogens with one attached hydrogen (secondary N) is 2. The predicted octanol–water partition coefficient (Wildman–Crippen LogP) is 3.01. The summed E-state index contributed by atoms with van der Waals surface area (Å²) in [6.45, 7) is 0.0817. The summed E-state index contributed by atoms with van der Waals surface area (Å²) in [6, 6.07) is 8.56. The van der Waals surface area contributed by atoms with Crippen molar-refractivity contribution in [2.24, 2.45) is 5.92 Å². The van der Waals surface area contributed by atoms with Crippen molar-refractivity contribution < 1.29 is 9.90 Å². The van der Waals surface area contributed by atoms with Gasteiger partial charge in [-0.05, 0) is 49.4 Å².